The number of allylic oxidation sites excluding steroid dienone is 1. The molecule has 2 aromatic rings. The first-order valence-electron chi connectivity index (χ1n) is 13.6. The Labute approximate surface area is 194 Å². The third-order valence-electron chi connectivity index (χ3n) is 10.0. The lowest BCUT2D eigenvalue weighted by atomic mass is 9.48. The molecule has 0 N–H and O–H groups in total. The summed E-state index contributed by atoms with van der Waals surface area (Å²) >= 11 is 0. The zero-order valence-corrected chi connectivity index (χ0v) is 19.6. The van der Waals surface area contributed by atoms with E-state index in [1.807, 2.05) is 0 Å². The highest BCUT2D eigenvalue weighted by Gasteiger charge is 2.50. The Hall–Kier alpha value is -1.82. The molecule has 0 spiro atoms. The number of rotatable bonds is 4. The van der Waals surface area contributed by atoms with Crippen LogP contribution in [0.4, 0.5) is 0 Å². The van der Waals surface area contributed by atoms with Crippen molar-refractivity contribution in [3.63, 3.8) is 0 Å². The lowest BCUT2D eigenvalue weighted by molar-refractivity contribution is -0.0521. The minimum atomic E-state index is 0.657. The molecular formula is C32H38. The van der Waals surface area contributed by atoms with Crippen molar-refractivity contribution in [2.24, 2.45) is 23.2 Å². The smallest absolute Gasteiger partial charge is 0.00574 e. The molecule has 0 nitrogen and oxygen atoms in total. The largest absolute Gasteiger partial charge is 0.0646 e. The molecule has 0 radical (unpaired) electrons. The van der Waals surface area contributed by atoms with Crippen LogP contribution in [-0.2, 0) is 6.42 Å². The first-order chi connectivity index (χ1) is 15.7. The van der Waals surface area contributed by atoms with Gasteiger partial charge in [0.25, 0.3) is 0 Å². The molecule has 2 aromatic carbocycles. The standard InChI is InChI=1S/C32H38/c1-2-5-26(6-3-1)27-9-11-28(12-10-27)30-8-4-7-29-16-25(17-31(29)30)21-32-18-22-13-23(19-32)15-24(14-22)20-32/h4,7-12,17,22-24,26H,1-3,5-6,13-16,18-21H2. The van der Waals surface area contributed by atoms with Gasteiger partial charge in [0.2, 0.25) is 0 Å². The Balaban J connectivity index is 1.14. The Morgan fingerprint density at radius 2 is 1.44 bits per heavy atom. The zero-order chi connectivity index (χ0) is 21.1. The van der Waals surface area contributed by atoms with E-state index in [1.165, 1.54) is 80.9 Å². The predicted molar refractivity (Wildman–Crippen MR) is 135 cm³/mol. The van der Waals surface area contributed by atoms with Crippen LogP contribution >= 0.6 is 0 Å². The number of hydrogen-bond acceptors (Lipinski definition) is 0. The van der Waals surface area contributed by atoms with Crippen molar-refractivity contribution in [3.05, 3.63) is 64.7 Å². The van der Waals surface area contributed by atoms with E-state index in [0.29, 0.717) is 5.41 Å². The summed E-state index contributed by atoms with van der Waals surface area (Å²) in [5.41, 5.74) is 9.92. The van der Waals surface area contributed by atoms with E-state index in [0.717, 1.165) is 23.7 Å². The Kier molecular flexibility index (Phi) is 4.67. The van der Waals surface area contributed by atoms with Gasteiger partial charge in [-0.3, -0.25) is 0 Å². The van der Waals surface area contributed by atoms with Gasteiger partial charge in [0.15, 0.2) is 0 Å². The highest BCUT2D eigenvalue weighted by atomic mass is 14.6. The fourth-order valence-corrected chi connectivity index (χ4v) is 9.16. The van der Waals surface area contributed by atoms with E-state index < -0.39 is 0 Å². The topological polar surface area (TPSA) is 0 Å². The van der Waals surface area contributed by atoms with E-state index >= 15 is 0 Å². The molecule has 0 heterocycles. The monoisotopic (exact) mass is 422 g/mol. The van der Waals surface area contributed by atoms with Crippen molar-refractivity contribution in [2.75, 3.05) is 0 Å². The van der Waals surface area contributed by atoms with Gasteiger partial charge >= 0.3 is 0 Å². The molecule has 6 aliphatic rings. The van der Waals surface area contributed by atoms with Gasteiger partial charge in [-0.05, 0) is 121 Å². The SMILES string of the molecule is C1=C(CC23CC4CC(CC(C4)C2)C3)Cc2cccc(-c3ccc(C4CCCCC4)cc3)c21. The summed E-state index contributed by atoms with van der Waals surface area (Å²) in [5.74, 6) is 3.97. The summed E-state index contributed by atoms with van der Waals surface area (Å²) < 4.78 is 0. The van der Waals surface area contributed by atoms with Crippen molar-refractivity contribution in [1.29, 1.82) is 0 Å². The maximum absolute atomic E-state index is 2.61. The zero-order valence-electron chi connectivity index (χ0n) is 19.6. The van der Waals surface area contributed by atoms with Crippen molar-refractivity contribution >= 4 is 6.08 Å². The van der Waals surface area contributed by atoms with Gasteiger partial charge < -0.3 is 0 Å². The van der Waals surface area contributed by atoms with E-state index in [1.54, 1.807) is 36.0 Å². The van der Waals surface area contributed by atoms with E-state index in [-0.39, 0.29) is 0 Å². The second-order valence-corrected chi connectivity index (χ2v) is 12.4. The summed E-state index contributed by atoms with van der Waals surface area (Å²) in [5, 5.41) is 0. The van der Waals surface area contributed by atoms with Gasteiger partial charge in [-0.2, -0.15) is 0 Å². The highest BCUT2D eigenvalue weighted by Crippen LogP contribution is 2.62. The molecule has 0 atom stereocenters. The molecule has 5 saturated carbocycles. The van der Waals surface area contributed by atoms with Crippen LogP contribution in [0.1, 0.15) is 99.7 Å². The van der Waals surface area contributed by atoms with E-state index in [9.17, 15) is 0 Å². The van der Waals surface area contributed by atoms with Crippen LogP contribution in [0.2, 0.25) is 0 Å². The summed E-state index contributed by atoms with van der Waals surface area (Å²) in [7, 11) is 0. The van der Waals surface area contributed by atoms with Crippen molar-refractivity contribution in [1.82, 2.24) is 0 Å². The van der Waals surface area contributed by atoms with Gasteiger partial charge in [-0.1, -0.05) is 73.4 Å². The third kappa shape index (κ3) is 3.41. The maximum atomic E-state index is 2.61. The number of benzene rings is 2. The van der Waals surface area contributed by atoms with Crippen LogP contribution in [-0.4, -0.2) is 0 Å². The predicted octanol–water partition coefficient (Wildman–Crippen LogP) is 8.95. The lowest BCUT2D eigenvalue weighted by Gasteiger charge is -2.57. The Morgan fingerprint density at radius 3 is 2.12 bits per heavy atom. The van der Waals surface area contributed by atoms with Crippen LogP contribution in [0.15, 0.2) is 48.0 Å². The first kappa shape index (κ1) is 19.6. The average Bonchev–Trinajstić information content (AvgIpc) is 3.20. The summed E-state index contributed by atoms with van der Waals surface area (Å²) in [6.07, 6.45) is 21.5. The molecule has 5 fully saturated rings. The van der Waals surface area contributed by atoms with Crippen LogP contribution in [0.3, 0.4) is 0 Å². The number of hydrogen-bond donors (Lipinski definition) is 0. The molecule has 166 valence electrons. The molecule has 0 unspecified atom stereocenters. The summed E-state index contributed by atoms with van der Waals surface area (Å²) in [6, 6.07) is 16.7. The quantitative estimate of drug-likeness (QED) is 0.461. The van der Waals surface area contributed by atoms with Gasteiger partial charge in [-0.25, -0.2) is 0 Å². The average molecular weight is 423 g/mol. The minimum absolute atomic E-state index is 0.657. The third-order valence-corrected chi connectivity index (χ3v) is 10.0. The van der Waals surface area contributed by atoms with Gasteiger partial charge in [0, 0.05) is 0 Å². The van der Waals surface area contributed by atoms with Crippen molar-refractivity contribution in [2.45, 2.75) is 89.4 Å². The Morgan fingerprint density at radius 1 is 0.750 bits per heavy atom. The lowest BCUT2D eigenvalue weighted by Crippen LogP contribution is -2.46. The number of fused-ring (bicyclic) bond motifs is 1. The van der Waals surface area contributed by atoms with E-state index in [4.69, 9.17) is 0 Å². The molecule has 6 aliphatic carbocycles. The van der Waals surface area contributed by atoms with Gasteiger partial charge in [-0.15, -0.1) is 0 Å². The van der Waals surface area contributed by atoms with Gasteiger partial charge in [0.1, 0.15) is 0 Å². The molecule has 0 aliphatic heterocycles. The van der Waals surface area contributed by atoms with Crippen LogP contribution in [0, 0.1) is 23.2 Å². The molecular weight excluding hydrogens is 384 g/mol. The first-order valence-corrected chi connectivity index (χ1v) is 13.6. The molecule has 8 rings (SSSR count). The second-order valence-electron chi connectivity index (χ2n) is 12.4. The van der Waals surface area contributed by atoms with Crippen LogP contribution in [0.25, 0.3) is 17.2 Å². The Bertz CT molecular complexity index is 995. The van der Waals surface area contributed by atoms with Crippen molar-refractivity contribution in [3.8, 4) is 11.1 Å². The fourth-order valence-electron chi connectivity index (χ4n) is 9.16. The molecule has 0 heteroatoms. The van der Waals surface area contributed by atoms with Crippen LogP contribution < -0.4 is 0 Å². The highest BCUT2D eigenvalue weighted by molar-refractivity contribution is 5.81. The molecule has 0 aromatic heterocycles. The van der Waals surface area contributed by atoms with Crippen LogP contribution in [0.5, 0.6) is 0 Å². The van der Waals surface area contributed by atoms with E-state index in [2.05, 4.69) is 48.5 Å². The molecule has 0 saturated heterocycles. The fraction of sp³-hybridized carbons (Fsp3) is 0.562. The molecule has 32 heavy (non-hydrogen) atoms. The normalized spacial score (nSPS) is 33.4. The molecule has 0 amide bonds. The van der Waals surface area contributed by atoms with Gasteiger partial charge in [0.05, 0.1) is 0 Å². The molecule has 4 bridgehead atoms. The van der Waals surface area contributed by atoms with Crippen molar-refractivity contribution < 1.29 is 0 Å². The second kappa shape index (κ2) is 7.61. The summed E-state index contributed by atoms with van der Waals surface area (Å²) in [6.45, 7) is 0. The maximum Gasteiger partial charge on any atom is -0.00574 e. The minimum Gasteiger partial charge on any atom is -0.0646 e. The summed E-state index contributed by atoms with van der Waals surface area (Å²) in [4.78, 5) is 0.